The molecule has 0 bridgehead atoms. The van der Waals surface area contributed by atoms with Gasteiger partial charge in [0.15, 0.2) is 0 Å². The lowest BCUT2D eigenvalue weighted by molar-refractivity contribution is 0.201. The molecule has 25 heavy (non-hydrogen) atoms. The summed E-state index contributed by atoms with van der Waals surface area (Å²) in [6, 6.07) is 10.5. The van der Waals surface area contributed by atoms with E-state index in [1.54, 1.807) is 4.31 Å². The molecule has 2 heterocycles. The second-order valence-corrected chi connectivity index (χ2v) is 9.28. The van der Waals surface area contributed by atoms with E-state index in [9.17, 15) is 8.42 Å². The highest BCUT2D eigenvalue weighted by Gasteiger charge is 2.30. The Morgan fingerprint density at radius 2 is 1.80 bits per heavy atom. The van der Waals surface area contributed by atoms with Crippen LogP contribution in [0.1, 0.15) is 38.2 Å². The predicted molar refractivity (Wildman–Crippen MR) is 102 cm³/mol. The van der Waals surface area contributed by atoms with Gasteiger partial charge in [-0.05, 0) is 50.1 Å². The Bertz CT molecular complexity index is 627. The maximum absolute atomic E-state index is 12.6. The fraction of sp³-hybridized carbons (Fsp3) is 0.684. The SMILES string of the molecule is CC1CCN(S(=O)(=O)N[C@@H]2CCCN(CCc3ccccc3)C2)CC1. The Morgan fingerprint density at radius 3 is 2.52 bits per heavy atom. The summed E-state index contributed by atoms with van der Waals surface area (Å²) in [5, 5.41) is 0. The maximum atomic E-state index is 12.6. The Hall–Kier alpha value is -0.950. The molecule has 0 radical (unpaired) electrons. The van der Waals surface area contributed by atoms with Crippen molar-refractivity contribution in [1.29, 1.82) is 0 Å². The molecule has 2 fully saturated rings. The molecular weight excluding hydrogens is 334 g/mol. The smallest absolute Gasteiger partial charge is 0.279 e. The number of likely N-dealkylation sites (tertiary alicyclic amines) is 1. The number of hydrogen-bond donors (Lipinski definition) is 1. The van der Waals surface area contributed by atoms with Gasteiger partial charge in [0.1, 0.15) is 0 Å². The van der Waals surface area contributed by atoms with Crippen LogP contribution >= 0.6 is 0 Å². The summed E-state index contributed by atoms with van der Waals surface area (Å²) in [6.07, 6.45) is 4.94. The molecule has 6 heteroatoms. The second kappa shape index (κ2) is 8.62. The predicted octanol–water partition coefficient (Wildman–Crippen LogP) is 2.26. The highest BCUT2D eigenvalue weighted by atomic mass is 32.2. The summed E-state index contributed by atoms with van der Waals surface area (Å²) >= 11 is 0. The topological polar surface area (TPSA) is 52.7 Å². The van der Waals surface area contributed by atoms with E-state index in [-0.39, 0.29) is 6.04 Å². The minimum atomic E-state index is -3.34. The van der Waals surface area contributed by atoms with Gasteiger partial charge >= 0.3 is 0 Å². The Morgan fingerprint density at radius 1 is 1.08 bits per heavy atom. The van der Waals surface area contributed by atoms with Gasteiger partial charge in [0, 0.05) is 32.2 Å². The van der Waals surface area contributed by atoms with Crippen molar-refractivity contribution in [1.82, 2.24) is 13.9 Å². The molecule has 0 aromatic heterocycles. The summed E-state index contributed by atoms with van der Waals surface area (Å²) < 4.78 is 29.9. The van der Waals surface area contributed by atoms with Crippen LogP contribution in [0.4, 0.5) is 0 Å². The zero-order chi connectivity index (χ0) is 17.7. The van der Waals surface area contributed by atoms with Crippen LogP contribution in [0, 0.1) is 5.92 Å². The van der Waals surface area contributed by atoms with Crippen molar-refractivity contribution in [3.63, 3.8) is 0 Å². The van der Waals surface area contributed by atoms with Crippen LogP contribution < -0.4 is 4.72 Å². The summed E-state index contributed by atoms with van der Waals surface area (Å²) in [4.78, 5) is 2.39. The van der Waals surface area contributed by atoms with Crippen LogP contribution in [0.5, 0.6) is 0 Å². The van der Waals surface area contributed by atoms with Crippen LogP contribution in [0.3, 0.4) is 0 Å². The monoisotopic (exact) mass is 365 g/mol. The van der Waals surface area contributed by atoms with E-state index in [0.717, 1.165) is 51.7 Å². The van der Waals surface area contributed by atoms with Gasteiger partial charge in [0.05, 0.1) is 0 Å². The highest BCUT2D eigenvalue weighted by molar-refractivity contribution is 7.87. The van der Waals surface area contributed by atoms with Gasteiger partial charge in [0.2, 0.25) is 0 Å². The van der Waals surface area contributed by atoms with Gasteiger partial charge in [0.25, 0.3) is 10.2 Å². The molecule has 1 atom stereocenters. The van der Waals surface area contributed by atoms with Gasteiger partial charge in [-0.2, -0.15) is 17.4 Å². The van der Waals surface area contributed by atoms with E-state index in [4.69, 9.17) is 0 Å². The van der Waals surface area contributed by atoms with Gasteiger partial charge in [-0.1, -0.05) is 37.3 Å². The minimum Gasteiger partial charge on any atom is -0.301 e. The standard InChI is InChI=1S/C19H31N3O2S/c1-17-9-14-22(15-10-17)25(23,24)20-19-8-5-12-21(16-19)13-11-18-6-3-2-4-7-18/h2-4,6-7,17,19-20H,5,8-16H2,1H3/t19-/m1/s1. The molecule has 2 aliphatic heterocycles. The first-order valence-electron chi connectivity index (χ1n) is 9.56. The number of hydrogen-bond acceptors (Lipinski definition) is 3. The van der Waals surface area contributed by atoms with E-state index in [2.05, 4.69) is 40.8 Å². The van der Waals surface area contributed by atoms with E-state index in [1.807, 2.05) is 6.07 Å². The molecule has 3 rings (SSSR count). The van der Waals surface area contributed by atoms with Crippen LogP contribution in [-0.4, -0.2) is 56.4 Å². The summed E-state index contributed by atoms with van der Waals surface area (Å²) in [5.41, 5.74) is 1.34. The van der Waals surface area contributed by atoms with Crippen molar-refractivity contribution < 1.29 is 8.42 Å². The van der Waals surface area contributed by atoms with Gasteiger partial charge in [-0.25, -0.2) is 0 Å². The van der Waals surface area contributed by atoms with Gasteiger partial charge in [-0.3, -0.25) is 0 Å². The van der Waals surface area contributed by atoms with Crippen LogP contribution in [0.25, 0.3) is 0 Å². The van der Waals surface area contributed by atoms with E-state index in [0.29, 0.717) is 19.0 Å². The van der Waals surface area contributed by atoms with Crippen molar-refractivity contribution >= 4 is 10.2 Å². The molecule has 5 nitrogen and oxygen atoms in total. The van der Waals surface area contributed by atoms with Gasteiger partial charge < -0.3 is 4.90 Å². The van der Waals surface area contributed by atoms with Crippen LogP contribution in [-0.2, 0) is 16.6 Å². The molecule has 2 saturated heterocycles. The fourth-order valence-electron chi connectivity index (χ4n) is 3.80. The molecule has 0 aliphatic carbocycles. The van der Waals surface area contributed by atoms with Crippen LogP contribution in [0.15, 0.2) is 30.3 Å². The lowest BCUT2D eigenvalue weighted by Gasteiger charge is -2.35. The Balaban J connectivity index is 1.49. The maximum Gasteiger partial charge on any atom is 0.279 e. The summed E-state index contributed by atoms with van der Waals surface area (Å²) in [5.74, 6) is 0.634. The number of nitrogens with one attached hydrogen (secondary N) is 1. The molecule has 1 aromatic carbocycles. The van der Waals surface area contributed by atoms with Crippen molar-refractivity contribution in [2.75, 3.05) is 32.7 Å². The van der Waals surface area contributed by atoms with Gasteiger partial charge in [-0.15, -0.1) is 0 Å². The average molecular weight is 366 g/mol. The minimum absolute atomic E-state index is 0.0360. The molecule has 140 valence electrons. The van der Waals surface area contributed by atoms with Crippen molar-refractivity contribution in [2.45, 2.75) is 45.1 Å². The van der Waals surface area contributed by atoms with Crippen molar-refractivity contribution in [2.24, 2.45) is 5.92 Å². The molecule has 0 amide bonds. The quantitative estimate of drug-likeness (QED) is 0.841. The largest absolute Gasteiger partial charge is 0.301 e. The first-order chi connectivity index (χ1) is 12.0. The van der Waals surface area contributed by atoms with E-state index < -0.39 is 10.2 Å². The summed E-state index contributed by atoms with van der Waals surface area (Å²) in [6.45, 7) is 6.37. The second-order valence-electron chi connectivity index (χ2n) is 7.58. The zero-order valence-electron chi connectivity index (χ0n) is 15.2. The zero-order valence-corrected chi connectivity index (χ0v) is 16.0. The highest BCUT2D eigenvalue weighted by Crippen LogP contribution is 2.19. The molecule has 0 saturated carbocycles. The Kier molecular flexibility index (Phi) is 6.49. The molecule has 0 spiro atoms. The van der Waals surface area contributed by atoms with Crippen LogP contribution in [0.2, 0.25) is 0 Å². The fourth-order valence-corrected chi connectivity index (χ4v) is 5.25. The number of benzene rings is 1. The van der Waals surface area contributed by atoms with E-state index >= 15 is 0 Å². The van der Waals surface area contributed by atoms with Crippen molar-refractivity contribution in [3.05, 3.63) is 35.9 Å². The van der Waals surface area contributed by atoms with E-state index in [1.165, 1.54) is 5.56 Å². The first kappa shape index (κ1) is 18.8. The molecule has 1 N–H and O–H groups in total. The lowest BCUT2D eigenvalue weighted by atomic mass is 10.0. The molecule has 1 aromatic rings. The molecule has 2 aliphatic rings. The molecule has 0 unspecified atom stereocenters. The third-order valence-corrected chi connectivity index (χ3v) is 7.14. The number of rotatable bonds is 6. The normalized spacial score (nSPS) is 24.4. The number of nitrogens with zero attached hydrogens (tertiary/aromatic N) is 2. The lowest BCUT2D eigenvalue weighted by Crippen LogP contribution is -2.53. The summed E-state index contributed by atoms with van der Waals surface area (Å²) in [7, 11) is -3.34. The third-order valence-electron chi connectivity index (χ3n) is 5.46. The average Bonchev–Trinajstić information content (AvgIpc) is 2.61. The third kappa shape index (κ3) is 5.51. The first-order valence-corrected chi connectivity index (χ1v) is 11.0. The number of piperidine rings is 2. The Labute approximate surface area is 152 Å². The molecular formula is C19H31N3O2S. The van der Waals surface area contributed by atoms with Crippen molar-refractivity contribution in [3.8, 4) is 0 Å².